The van der Waals surface area contributed by atoms with Crippen molar-refractivity contribution in [3.63, 3.8) is 0 Å². The fourth-order valence-electron chi connectivity index (χ4n) is 3.89. The van der Waals surface area contributed by atoms with Crippen molar-refractivity contribution in [1.29, 1.82) is 0 Å². The lowest BCUT2D eigenvalue weighted by molar-refractivity contribution is -0.906. The number of nitrogens with one attached hydrogen (secondary N) is 2. The quantitative estimate of drug-likeness (QED) is 0.671. The van der Waals surface area contributed by atoms with Crippen LogP contribution in [0.5, 0.6) is 0 Å². The lowest BCUT2D eigenvalue weighted by Crippen LogP contribution is -3.14. The fourth-order valence-corrected chi connectivity index (χ4v) is 3.89. The summed E-state index contributed by atoms with van der Waals surface area (Å²) in [6.07, 6.45) is 5.05. The zero-order chi connectivity index (χ0) is 15.4. The van der Waals surface area contributed by atoms with Gasteiger partial charge in [-0.25, -0.2) is 0 Å². The van der Waals surface area contributed by atoms with Crippen LogP contribution in [-0.4, -0.2) is 68.7 Å². The molecule has 2 heterocycles. The maximum Gasteiger partial charge on any atom is 0.225 e. The fraction of sp³-hybridized carbons (Fsp3) is 0.875. The molecular weight excluding hydrogens is 282 g/mol. The number of rotatable bonds is 5. The number of carbonyl (C=O) groups is 2. The third-order valence-electron chi connectivity index (χ3n) is 5.27. The molecule has 0 aromatic rings. The van der Waals surface area contributed by atoms with Crippen molar-refractivity contribution >= 4 is 11.8 Å². The Morgan fingerprint density at radius 2 is 2.00 bits per heavy atom. The Hall–Kier alpha value is -1.14. The molecule has 0 aromatic carbocycles. The van der Waals surface area contributed by atoms with Crippen LogP contribution < -0.4 is 10.2 Å². The maximum atomic E-state index is 12.3. The molecule has 0 radical (unpaired) electrons. The zero-order valence-electron chi connectivity index (χ0n) is 13.3. The van der Waals surface area contributed by atoms with Crippen LogP contribution in [0.1, 0.15) is 32.1 Å². The highest BCUT2D eigenvalue weighted by atomic mass is 16.5. The van der Waals surface area contributed by atoms with Gasteiger partial charge in [-0.1, -0.05) is 12.8 Å². The van der Waals surface area contributed by atoms with Crippen molar-refractivity contribution in [1.82, 2.24) is 10.2 Å². The van der Waals surface area contributed by atoms with E-state index in [1.807, 2.05) is 4.90 Å². The van der Waals surface area contributed by atoms with Crippen molar-refractivity contribution < 1.29 is 19.2 Å². The normalized spacial score (nSPS) is 27.5. The monoisotopic (exact) mass is 310 g/mol. The Bertz CT molecular complexity index is 403. The minimum Gasteiger partial charge on any atom is -0.370 e. The molecule has 22 heavy (non-hydrogen) atoms. The smallest absolute Gasteiger partial charge is 0.225 e. The van der Waals surface area contributed by atoms with Gasteiger partial charge in [-0.15, -0.1) is 0 Å². The van der Waals surface area contributed by atoms with Crippen LogP contribution in [-0.2, 0) is 14.3 Å². The highest BCUT2D eigenvalue weighted by molar-refractivity contribution is 5.89. The molecule has 6 heteroatoms. The molecule has 2 amide bonds. The van der Waals surface area contributed by atoms with E-state index in [1.54, 1.807) is 0 Å². The van der Waals surface area contributed by atoms with Gasteiger partial charge in [-0.3, -0.25) is 9.59 Å². The van der Waals surface area contributed by atoms with Gasteiger partial charge >= 0.3 is 0 Å². The van der Waals surface area contributed by atoms with Crippen molar-refractivity contribution in [2.75, 3.05) is 45.9 Å². The van der Waals surface area contributed by atoms with Gasteiger partial charge in [0, 0.05) is 19.0 Å². The number of likely N-dealkylation sites (tertiary alicyclic amines) is 1. The zero-order valence-corrected chi connectivity index (χ0v) is 13.3. The number of morpholine rings is 1. The van der Waals surface area contributed by atoms with Crippen LogP contribution in [0.15, 0.2) is 0 Å². The van der Waals surface area contributed by atoms with E-state index in [4.69, 9.17) is 4.74 Å². The van der Waals surface area contributed by atoms with E-state index in [9.17, 15) is 9.59 Å². The SMILES string of the molecule is O=C(NCC[NH+]1CCOCC1)[C@H]1CC(=O)N(C2CCCC2)C1. The Morgan fingerprint density at radius 3 is 2.73 bits per heavy atom. The molecule has 2 aliphatic heterocycles. The van der Waals surface area contributed by atoms with Gasteiger partial charge in [-0.05, 0) is 12.8 Å². The topological polar surface area (TPSA) is 63.1 Å². The molecule has 124 valence electrons. The molecule has 3 fully saturated rings. The molecule has 0 spiro atoms. The van der Waals surface area contributed by atoms with E-state index in [0.29, 0.717) is 25.6 Å². The number of hydrogen-bond donors (Lipinski definition) is 2. The van der Waals surface area contributed by atoms with Crippen LogP contribution in [0.4, 0.5) is 0 Å². The standard InChI is InChI=1S/C16H27N3O3/c20-15-11-13(12-19(15)14-3-1-2-4-14)16(21)17-5-6-18-7-9-22-10-8-18/h13-14H,1-12H2,(H,17,21)/p+1/t13-/m0/s1. The maximum absolute atomic E-state index is 12.3. The van der Waals surface area contributed by atoms with E-state index in [2.05, 4.69) is 5.32 Å². The van der Waals surface area contributed by atoms with Gasteiger partial charge in [0.15, 0.2) is 0 Å². The van der Waals surface area contributed by atoms with E-state index in [1.165, 1.54) is 17.7 Å². The number of quaternary nitrogens is 1. The molecule has 6 nitrogen and oxygen atoms in total. The summed E-state index contributed by atoms with van der Waals surface area (Å²) >= 11 is 0. The van der Waals surface area contributed by atoms with Crippen molar-refractivity contribution in [2.24, 2.45) is 5.92 Å². The molecular formula is C16H28N3O3+. The molecule has 0 aromatic heterocycles. The summed E-state index contributed by atoms with van der Waals surface area (Å²) < 4.78 is 5.33. The molecule has 0 unspecified atom stereocenters. The van der Waals surface area contributed by atoms with Crippen LogP contribution in [0.2, 0.25) is 0 Å². The number of amides is 2. The third kappa shape index (κ3) is 3.79. The molecule has 3 aliphatic rings. The van der Waals surface area contributed by atoms with Gasteiger partial charge < -0.3 is 19.9 Å². The van der Waals surface area contributed by atoms with Crippen LogP contribution in [0.25, 0.3) is 0 Å². The Kier molecular flexibility index (Phi) is 5.31. The van der Waals surface area contributed by atoms with Gasteiger partial charge in [0.2, 0.25) is 11.8 Å². The summed E-state index contributed by atoms with van der Waals surface area (Å²) in [6.45, 7) is 5.94. The Labute approximate surface area is 132 Å². The van der Waals surface area contributed by atoms with Crippen LogP contribution in [0.3, 0.4) is 0 Å². The van der Waals surface area contributed by atoms with Gasteiger partial charge in [0.1, 0.15) is 13.1 Å². The number of nitrogens with zero attached hydrogens (tertiary/aromatic N) is 1. The first kappa shape index (κ1) is 15.7. The molecule has 3 rings (SSSR count). The summed E-state index contributed by atoms with van der Waals surface area (Å²) in [4.78, 5) is 27.8. The Morgan fingerprint density at radius 1 is 1.27 bits per heavy atom. The molecule has 1 saturated carbocycles. The second-order valence-electron chi connectivity index (χ2n) is 6.79. The van der Waals surface area contributed by atoms with E-state index in [-0.39, 0.29) is 17.7 Å². The highest BCUT2D eigenvalue weighted by Gasteiger charge is 2.38. The third-order valence-corrected chi connectivity index (χ3v) is 5.27. The number of hydrogen-bond acceptors (Lipinski definition) is 3. The molecule has 2 saturated heterocycles. The summed E-state index contributed by atoms with van der Waals surface area (Å²) in [7, 11) is 0. The highest BCUT2D eigenvalue weighted by Crippen LogP contribution is 2.29. The summed E-state index contributed by atoms with van der Waals surface area (Å²) in [6, 6.07) is 0.392. The first-order valence-corrected chi connectivity index (χ1v) is 8.72. The van der Waals surface area contributed by atoms with Gasteiger partial charge in [0.25, 0.3) is 0 Å². The lowest BCUT2D eigenvalue weighted by atomic mass is 10.1. The van der Waals surface area contributed by atoms with Crippen molar-refractivity contribution in [3.8, 4) is 0 Å². The largest absolute Gasteiger partial charge is 0.370 e. The molecule has 2 N–H and O–H groups in total. The predicted octanol–water partition coefficient (Wildman–Crippen LogP) is -1.19. The first-order chi connectivity index (χ1) is 10.7. The van der Waals surface area contributed by atoms with Crippen molar-refractivity contribution in [2.45, 2.75) is 38.1 Å². The van der Waals surface area contributed by atoms with Crippen LogP contribution in [0, 0.1) is 5.92 Å². The van der Waals surface area contributed by atoms with E-state index >= 15 is 0 Å². The lowest BCUT2D eigenvalue weighted by Gasteiger charge is -2.24. The molecule has 0 bridgehead atoms. The predicted molar refractivity (Wildman–Crippen MR) is 81.5 cm³/mol. The number of carbonyl (C=O) groups excluding carboxylic acids is 2. The van der Waals surface area contributed by atoms with E-state index in [0.717, 1.165) is 45.7 Å². The summed E-state index contributed by atoms with van der Waals surface area (Å²) in [5.74, 6) is 0.0835. The summed E-state index contributed by atoms with van der Waals surface area (Å²) in [5.41, 5.74) is 0. The first-order valence-electron chi connectivity index (χ1n) is 8.72. The average molecular weight is 310 g/mol. The minimum atomic E-state index is -0.146. The van der Waals surface area contributed by atoms with Crippen LogP contribution >= 0.6 is 0 Å². The van der Waals surface area contributed by atoms with Crippen molar-refractivity contribution in [3.05, 3.63) is 0 Å². The van der Waals surface area contributed by atoms with Gasteiger partial charge in [0.05, 0.1) is 32.2 Å². The second-order valence-corrected chi connectivity index (χ2v) is 6.79. The van der Waals surface area contributed by atoms with Gasteiger partial charge in [-0.2, -0.15) is 0 Å². The Balaban J connectivity index is 1.39. The molecule has 1 atom stereocenters. The second kappa shape index (κ2) is 7.42. The minimum absolute atomic E-state index is 0.0570. The average Bonchev–Trinajstić information content (AvgIpc) is 3.17. The summed E-state index contributed by atoms with van der Waals surface area (Å²) in [5, 5.41) is 3.02. The molecule has 1 aliphatic carbocycles. The van der Waals surface area contributed by atoms with E-state index < -0.39 is 0 Å². The number of ether oxygens (including phenoxy) is 1.